The van der Waals surface area contributed by atoms with Gasteiger partial charge in [0.25, 0.3) is 5.91 Å². The number of urea groups is 1. The fraction of sp³-hybridized carbons (Fsp3) is 0.400. The molecule has 0 aromatic heterocycles. The minimum atomic E-state index is -1.52. The van der Waals surface area contributed by atoms with E-state index in [1.807, 2.05) is 32.9 Å². The highest BCUT2D eigenvalue weighted by atomic mass is 19.1. The standard InChI is InChI=1S/C25H29FN4O2/c1-4-19-14-17(3)22(29-24(32)28-5-2)15-21(19)23(31)30-12-10-25(26,11-13-30)20-8-6-18(16-27)7-9-20/h6-9,14-15H,4-5,10-13H2,1-3H3,(H2,28,29,32). The molecule has 0 spiro atoms. The Morgan fingerprint density at radius 2 is 1.81 bits per heavy atom. The van der Waals surface area contributed by atoms with Gasteiger partial charge in [-0.05, 0) is 55.2 Å². The summed E-state index contributed by atoms with van der Waals surface area (Å²) in [5.74, 6) is -0.150. The predicted molar refractivity (Wildman–Crippen MR) is 122 cm³/mol. The first-order chi connectivity index (χ1) is 15.3. The summed E-state index contributed by atoms with van der Waals surface area (Å²) in [5.41, 5.74) is 2.43. The van der Waals surface area contributed by atoms with Gasteiger partial charge in [0.1, 0.15) is 5.67 Å². The van der Waals surface area contributed by atoms with E-state index in [-0.39, 0.29) is 24.8 Å². The maximum atomic E-state index is 15.6. The molecule has 0 radical (unpaired) electrons. The summed E-state index contributed by atoms with van der Waals surface area (Å²) in [5, 5.41) is 14.4. The third-order valence-corrected chi connectivity index (χ3v) is 6.02. The van der Waals surface area contributed by atoms with Crippen LogP contribution in [-0.2, 0) is 12.1 Å². The lowest BCUT2D eigenvalue weighted by atomic mass is 9.85. The van der Waals surface area contributed by atoms with Crippen molar-refractivity contribution in [1.82, 2.24) is 10.2 Å². The second-order valence-electron chi connectivity index (χ2n) is 8.11. The summed E-state index contributed by atoms with van der Waals surface area (Å²) in [7, 11) is 0. The van der Waals surface area contributed by atoms with Gasteiger partial charge in [0.15, 0.2) is 0 Å². The van der Waals surface area contributed by atoms with Gasteiger partial charge >= 0.3 is 6.03 Å². The smallest absolute Gasteiger partial charge is 0.319 e. The number of carbonyl (C=O) groups is 2. The first kappa shape index (κ1) is 23.3. The minimum Gasteiger partial charge on any atom is -0.338 e. The Bertz CT molecular complexity index is 1040. The monoisotopic (exact) mass is 436 g/mol. The predicted octanol–water partition coefficient (Wildman–Crippen LogP) is 4.67. The van der Waals surface area contributed by atoms with Gasteiger partial charge in [-0.25, -0.2) is 9.18 Å². The van der Waals surface area contributed by atoms with Crippen molar-refractivity contribution < 1.29 is 14.0 Å². The molecule has 2 N–H and O–H groups in total. The van der Waals surface area contributed by atoms with Crippen LogP contribution in [0.3, 0.4) is 0 Å². The molecule has 1 aliphatic heterocycles. The molecule has 1 heterocycles. The van der Waals surface area contributed by atoms with Crippen molar-refractivity contribution in [3.63, 3.8) is 0 Å². The number of nitriles is 1. The zero-order valence-electron chi connectivity index (χ0n) is 18.8. The normalized spacial score (nSPS) is 15.0. The van der Waals surface area contributed by atoms with Crippen molar-refractivity contribution in [2.45, 2.75) is 45.7 Å². The van der Waals surface area contributed by atoms with E-state index in [2.05, 4.69) is 10.6 Å². The number of benzene rings is 2. The van der Waals surface area contributed by atoms with Gasteiger partial charge < -0.3 is 15.5 Å². The van der Waals surface area contributed by atoms with Gasteiger partial charge in [-0.1, -0.05) is 25.1 Å². The Morgan fingerprint density at radius 3 is 2.38 bits per heavy atom. The average molecular weight is 437 g/mol. The van der Waals surface area contributed by atoms with E-state index in [1.165, 1.54) is 0 Å². The quantitative estimate of drug-likeness (QED) is 0.714. The molecule has 1 fully saturated rings. The highest BCUT2D eigenvalue weighted by Gasteiger charge is 2.38. The van der Waals surface area contributed by atoms with Gasteiger partial charge in [-0.2, -0.15) is 5.26 Å². The van der Waals surface area contributed by atoms with E-state index in [0.29, 0.717) is 48.4 Å². The number of carbonyl (C=O) groups excluding carboxylic acids is 2. The Hall–Kier alpha value is -3.40. The van der Waals surface area contributed by atoms with Crippen LogP contribution in [-0.4, -0.2) is 36.5 Å². The molecule has 7 heteroatoms. The van der Waals surface area contributed by atoms with Crippen molar-refractivity contribution >= 4 is 17.6 Å². The van der Waals surface area contributed by atoms with Crippen molar-refractivity contribution in [3.05, 3.63) is 64.2 Å². The second-order valence-corrected chi connectivity index (χ2v) is 8.11. The Morgan fingerprint density at radius 1 is 1.16 bits per heavy atom. The molecule has 0 aliphatic carbocycles. The van der Waals surface area contributed by atoms with Crippen LogP contribution in [0.15, 0.2) is 36.4 Å². The van der Waals surface area contributed by atoms with Gasteiger partial charge in [-0.3, -0.25) is 4.79 Å². The van der Waals surface area contributed by atoms with Crippen LogP contribution in [0.1, 0.15) is 59.3 Å². The number of halogens is 1. The first-order valence-corrected chi connectivity index (χ1v) is 11.0. The number of nitrogens with zero attached hydrogens (tertiary/aromatic N) is 2. The molecule has 2 aromatic carbocycles. The highest BCUT2D eigenvalue weighted by Crippen LogP contribution is 2.37. The van der Waals surface area contributed by atoms with E-state index >= 15 is 4.39 Å². The molecule has 0 unspecified atom stereocenters. The molecule has 0 saturated carbocycles. The molecule has 1 saturated heterocycles. The summed E-state index contributed by atoms with van der Waals surface area (Å²) in [6.45, 7) is 6.81. The molecule has 1 aliphatic rings. The van der Waals surface area contributed by atoms with Gasteiger partial charge in [0.05, 0.1) is 11.6 Å². The maximum absolute atomic E-state index is 15.6. The molecule has 6 nitrogen and oxygen atoms in total. The van der Waals surface area contributed by atoms with Crippen LogP contribution in [0.4, 0.5) is 14.9 Å². The summed E-state index contributed by atoms with van der Waals surface area (Å²) in [6, 6.07) is 11.9. The van der Waals surface area contributed by atoms with Crippen LogP contribution < -0.4 is 10.6 Å². The number of likely N-dealkylation sites (tertiary alicyclic amines) is 1. The number of alkyl halides is 1. The average Bonchev–Trinajstić information content (AvgIpc) is 2.80. The van der Waals surface area contributed by atoms with Crippen LogP contribution in [0, 0.1) is 18.3 Å². The molecule has 0 atom stereocenters. The molecule has 168 valence electrons. The van der Waals surface area contributed by atoms with Crippen LogP contribution in [0.2, 0.25) is 0 Å². The molecule has 2 aromatic rings. The molecular weight excluding hydrogens is 407 g/mol. The molecule has 32 heavy (non-hydrogen) atoms. The van der Waals surface area contributed by atoms with Crippen molar-refractivity contribution in [2.24, 2.45) is 0 Å². The highest BCUT2D eigenvalue weighted by molar-refractivity contribution is 5.99. The number of aryl methyl sites for hydroxylation is 2. The van der Waals surface area contributed by atoms with E-state index < -0.39 is 5.67 Å². The topological polar surface area (TPSA) is 85.2 Å². The largest absolute Gasteiger partial charge is 0.338 e. The lowest BCUT2D eigenvalue weighted by Gasteiger charge is -2.37. The molecular formula is C25H29FN4O2. The number of hydrogen-bond acceptors (Lipinski definition) is 3. The molecule has 3 amide bonds. The third kappa shape index (κ3) is 4.91. The number of piperidine rings is 1. The Labute approximate surface area is 188 Å². The second kappa shape index (κ2) is 9.82. The zero-order chi connectivity index (χ0) is 23.3. The number of rotatable bonds is 5. The Balaban J connectivity index is 1.77. The maximum Gasteiger partial charge on any atom is 0.319 e. The van der Waals surface area contributed by atoms with E-state index in [9.17, 15) is 9.59 Å². The fourth-order valence-corrected chi connectivity index (χ4v) is 4.09. The lowest BCUT2D eigenvalue weighted by Crippen LogP contribution is -2.43. The van der Waals surface area contributed by atoms with Gasteiger partial charge in [0, 0.05) is 43.7 Å². The summed E-state index contributed by atoms with van der Waals surface area (Å²) in [6.07, 6.45) is 1.07. The summed E-state index contributed by atoms with van der Waals surface area (Å²) >= 11 is 0. The van der Waals surface area contributed by atoms with E-state index in [4.69, 9.17) is 5.26 Å². The van der Waals surface area contributed by atoms with Gasteiger partial charge in [-0.15, -0.1) is 0 Å². The number of hydrogen-bond donors (Lipinski definition) is 2. The fourth-order valence-electron chi connectivity index (χ4n) is 4.09. The van der Waals surface area contributed by atoms with Gasteiger partial charge in [0.2, 0.25) is 0 Å². The van der Waals surface area contributed by atoms with Crippen molar-refractivity contribution in [3.8, 4) is 6.07 Å². The van der Waals surface area contributed by atoms with Crippen molar-refractivity contribution in [2.75, 3.05) is 25.0 Å². The summed E-state index contributed by atoms with van der Waals surface area (Å²) < 4.78 is 15.6. The van der Waals surface area contributed by atoms with E-state index in [1.54, 1.807) is 35.2 Å². The summed E-state index contributed by atoms with van der Waals surface area (Å²) in [4.78, 5) is 27.0. The molecule has 3 rings (SSSR count). The Kier molecular flexibility index (Phi) is 7.14. The van der Waals surface area contributed by atoms with Crippen molar-refractivity contribution in [1.29, 1.82) is 5.26 Å². The van der Waals surface area contributed by atoms with Crippen LogP contribution in [0.5, 0.6) is 0 Å². The van der Waals surface area contributed by atoms with Crippen LogP contribution in [0.25, 0.3) is 0 Å². The zero-order valence-corrected chi connectivity index (χ0v) is 18.8. The number of anilines is 1. The SMILES string of the molecule is CCNC(=O)Nc1cc(C(=O)N2CCC(F)(c3ccc(C#N)cc3)CC2)c(CC)cc1C. The minimum absolute atomic E-state index is 0.150. The number of amides is 3. The number of nitrogens with one attached hydrogen (secondary N) is 2. The lowest BCUT2D eigenvalue weighted by molar-refractivity contribution is 0.0420. The molecule has 0 bridgehead atoms. The first-order valence-electron chi connectivity index (χ1n) is 11.0. The third-order valence-electron chi connectivity index (χ3n) is 6.02. The van der Waals surface area contributed by atoms with Crippen LogP contribution >= 0.6 is 0 Å². The van der Waals surface area contributed by atoms with E-state index in [0.717, 1.165) is 11.1 Å².